The highest BCUT2D eigenvalue weighted by Crippen LogP contribution is 2.26. The standard InChI is InChI=1S/C11H18N2O5/c1-11(18-4-9(15)16)5-13(6-11)10(17)8-2-7(14)3-12-8/h7-8,12,14H,2-6H2,1H3,(H,15,16). The number of amides is 1. The van der Waals surface area contributed by atoms with E-state index in [1.54, 1.807) is 11.8 Å². The van der Waals surface area contributed by atoms with Crippen LogP contribution in [0.3, 0.4) is 0 Å². The van der Waals surface area contributed by atoms with Crippen molar-refractivity contribution < 1.29 is 24.5 Å². The summed E-state index contributed by atoms with van der Waals surface area (Å²) in [6.07, 6.45) is -0.0305. The van der Waals surface area contributed by atoms with E-state index in [-0.39, 0.29) is 18.6 Å². The Labute approximate surface area is 105 Å². The first-order valence-corrected chi connectivity index (χ1v) is 5.96. The molecule has 0 aromatic carbocycles. The van der Waals surface area contributed by atoms with E-state index in [1.165, 1.54) is 0 Å². The molecule has 0 radical (unpaired) electrons. The monoisotopic (exact) mass is 258 g/mol. The fraction of sp³-hybridized carbons (Fsp3) is 0.818. The maximum atomic E-state index is 12.0. The number of likely N-dealkylation sites (tertiary alicyclic amines) is 1. The van der Waals surface area contributed by atoms with Gasteiger partial charge < -0.3 is 25.2 Å². The summed E-state index contributed by atoms with van der Waals surface area (Å²) in [4.78, 5) is 24.0. The van der Waals surface area contributed by atoms with Gasteiger partial charge in [-0.05, 0) is 13.3 Å². The highest BCUT2D eigenvalue weighted by atomic mass is 16.5. The third-order valence-electron chi connectivity index (χ3n) is 3.31. The number of aliphatic hydroxyl groups excluding tert-OH is 1. The van der Waals surface area contributed by atoms with Crippen LogP contribution in [0, 0.1) is 0 Å². The van der Waals surface area contributed by atoms with Crippen LogP contribution in [0.4, 0.5) is 0 Å². The minimum Gasteiger partial charge on any atom is -0.480 e. The van der Waals surface area contributed by atoms with Gasteiger partial charge in [0.05, 0.1) is 25.2 Å². The molecular weight excluding hydrogens is 240 g/mol. The van der Waals surface area contributed by atoms with Gasteiger partial charge >= 0.3 is 5.97 Å². The van der Waals surface area contributed by atoms with E-state index in [1.807, 2.05) is 0 Å². The highest BCUT2D eigenvalue weighted by Gasteiger charge is 2.45. The van der Waals surface area contributed by atoms with Crippen LogP contribution in [0.15, 0.2) is 0 Å². The van der Waals surface area contributed by atoms with Crippen molar-refractivity contribution in [2.45, 2.75) is 31.1 Å². The molecule has 2 heterocycles. The zero-order chi connectivity index (χ0) is 13.3. The fourth-order valence-corrected chi connectivity index (χ4v) is 2.37. The molecule has 0 spiro atoms. The largest absolute Gasteiger partial charge is 0.480 e. The van der Waals surface area contributed by atoms with Gasteiger partial charge in [0, 0.05) is 6.54 Å². The molecule has 7 heteroatoms. The van der Waals surface area contributed by atoms with Crippen LogP contribution in [0.5, 0.6) is 0 Å². The van der Waals surface area contributed by atoms with Crippen LogP contribution in [0.25, 0.3) is 0 Å². The summed E-state index contributed by atoms with van der Waals surface area (Å²) < 4.78 is 5.23. The number of nitrogens with zero attached hydrogens (tertiary/aromatic N) is 1. The Morgan fingerprint density at radius 2 is 2.17 bits per heavy atom. The van der Waals surface area contributed by atoms with E-state index in [0.29, 0.717) is 26.1 Å². The van der Waals surface area contributed by atoms with Gasteiger partial charge in [0.2, 0.25) is 5.91 Å². The summed E-state index contributed by atoms with van der Waals surface area (Å²) >= 11 is 0. The van der Waals surface area contributed by atoms with E-state index in [4.69, 9.17) is 9.84 Å². The first-order chi connectivity index (χ1) is 8.39. The number of hydrogen-bond donors (Lipinski definition) is 3. The molecule has 0 saturated carbocycles. The number of aliphatic carboxylic acids is 1. The normalized spacial score (nSPS) is 30.0. The van der Waals surface area contributed by atoms with Gasteiger partial charge in [-0.3, -0.25) is 4.79 Å². The van der Waals surface area contributed by atoms with Gasteiger partial charge in [-0.15, -0.1) is 0 Å². The molecule has 0 aliphatic carbocycles. The zero-order valence-electron chi connectivity index (χ0n) is 10.3. The minimum absolute atomic E-state index is 0.0528. The number of β-amino-alcohol motifs (C(OH)–C–C–N with tert-alkyl or cyclic N) is 1. The Balaban J connectivity index is 1.77. The van der Waals surface area contributed by atoms with Crippen LogP contribution in [0.1, 0.15) is 13.3 Å². The molecule has 102 valence electrons. The Morgan fingerprint density at radius 3 is 2.67 bits per heavy atom. The number of carboxylic acid groups (broad SMARTS) is 1. The molecule has 3 N–H and O–H groups in total. The molecule has 0 bridgehead atoms. The number of carbonyl (C=O) groups is 2. The first kappa shape index (κ1) is 13.3. The lowest BCUT2D eigenvalue weighted by Crippen LogP contribution is -2.65. The SMILES string of the molecule is CC1(OCC(=O)O)CN(C(=O)C2CC(O)CN2)C1. The summed E-state index contributed by atoms with van der Waals surface area (Å²) in [5.41, 5.74) is -0.564. The van der Waals surface area contributed by atoms with Crippen molar-refractivity contribution in [1.29, 1.82) is 0 Å². The summed E-state index contributed by atoms with van der Waals surface area (Å²) in [5.74, 6) is -1.07. The van der Waals surface area contributed by atoms with Crippen LogP contribution < -0.4 is 5.32 Å². The summed E-state index contributed by atoms with van der Waals surface area (Å²) in [6, 6.07) is -0.330. The van der Waals surface area contributed by atoms with Crippen molar-refractivity contribution in [3.63, 3.8) is 0 Å². The van der Waals surface area contributed by atoms with Gasteiger partial charge in [-0.2, -0.15) is 0 Å². The van der Waals surface area contributed by atoms with Crippen LogP contribution in [-0.4, -0.2) is 71.0 Å². The zero-order valence-corrected chi connectivity index (χ0v) is 10.3. The third-order valence-corrected chi connectivity index (χ3v) is 3.31. The van der Waals surface area contributed by atoms with E-state index < -0.39 is 17.7 Å². The van der Waals surface area contributed by atoms with Gasteiger partial charge in [0.15, 0.2) is 0 Å². The Kier molecular flexibility index (Phi) is 3.56. The quantitative estimate of drug-likeness (QED) is 0.562. The highest BCUT2D eigenvalue weighted by molar-refractivity contribution is 5.83. The molecule has 7 nitrogen and oxygen atoms in total. The van der Waals surface area contributed by atoms with Crippen molar-refractivity contribution in [3.05, 3.63) is 0 Å². The number of carbonyl (C=O) groups excluding carboxylic acids is 1. The second kappa shape index (κ2) is 4.83. The van der Waals surface area contributed by atoms with E-state index in [0.717, 1.165) is 0 Å². The van der Waals surface area contributed by atoms with Crippen molar-refractivity contribution in [2.75, 3.05) is 26.2 Å². The molecule has 2 aliphatic heterocycles. The van der Waals surface area contributed by atoms with E-state index in [9.17, 15) is 14.7 Å². The Morgan fingerprint density at radius 1 is 1.50 bits per heavy atom. The predicted octanol–water partition coefficient (Wildman–Crippen LogP) is -1.59. The average molecular weight is 258 g/mol. The molecular formula is C11H18N2O5. The second-order valence-corrected chi connectivity index (χ2v) is 5.18. The molecule has 2 fully saturated rings. The number of aliphatic hydroxyl groups is 1. The third kappa shape index (κ3) is 2.80. The molecule has 2 unspecified atom stereocenters. The van der Waals surface area contributed by atoms with Crippen LogP contribution in [-0.2, 0) is 14.3 Å². The average Bonchev–Trinajstić information content (AvgIpc) is 2.68. The molecule has 2 rings (SSSR count). The number of ether oxygens (including phenoxy) is 1. The molecule has 18 heavy (non-hydrogen) atoms. The Bertz CT molecular complexity index is 353. The van der Waals surface area contributed by atoms with Gasteiger partial charge in [-0.25, -0.2) is 4.79 Å². The van der Waals surface area contributed by atoms with Gasteiger partial charge in [0.25, 0.3) is 0 Å². The summed E-state index contributed by atoms with van der Waals surface area (Å²) in [6.45, 7) is 2.67. The minimum atomic E-state index is -1.01. The van der Waals surface area contributed by atoms with Crippen LogP contribution in [0.2, 0.25) is 0 Å². The van der Waals surface area contributed by atoms with Crippen LogP contribution >= 0.6 is 0 Å². The maximum absolute atomic E-state index is 12.0. The van der Waals surface area contributed by atoms with Crippen molar-refractivity contribution in [2.24, 2.45) is 0 Å². The van der Waals surface area contributed by atoms with Crippen molar-refractivity contribution in [3.8, 4) is 0 Å². The second-order valence-electron chi connectivity index (χ2n) is 5.18. The lowest BCUT2D eigenvalue weighted by atomic mass is 9.95. The summed E-state index contributed by atoms with van der Waals surface area (Å²) in [5, 5.41) is 20.8. The fourth-order valence-electron chi connectivity index (χ4n) is 2.37. The number of nitrogens with one attached hydrogen (secondary N) is 1. The summed E-state index contributed by atoms with van der Waals surface area (Å²) in [7, 11) is 0. The lowest BCUT2D eigenvalue weighted by Gasteiger charge is -2.48. The lowest BCUT2D eigenvalue weighted by molar-refractivity contribution is -0.174. The smallest absolute Gasteiger partial charge is 0.329 e. The van der Waals surface area contributed by atoms with Crippen molar-refractivity contribution in [1.82, 2.24) is 10.2 Å². The van der Waals surface area contributed by atoms with E-state index >= 15 is 0 Å². The molecule has 2 saturated heterocycles. The predicted molar refractivity (Wildman–Crippen MR) is 61.0 cm³/mol. The molecule has 0 aromatic rings. The van der Waals surface area contributed by atoms with Crippen molar-refractivity contribution >= 4 is 11.9 Å². The first-order valence-electron chi connectivity index (χ1n) is 5.96. The molecule has 0 aromatic heterocycles. The molecule has 2 aliphatic rings. The van der Waals surface area contributed by atoms with Gasteiger partial charge in [-0.1, -0.05) is 0 Å². The molecule has 1 amide bonds. The molecule has 2 atom stereocenters. The number of rotatable bonds is 4. The Hall–Kier alpha value is -1.18. The topological polar surface area (TPSA) is 99.1 Å². The maximum Gasteiger partial charge on any atom is 0.329 e. The van der Waals surface area contributed by atoms with E-state index in [2.05, 4.69) is 5.32 Å². The number of carboxylic acids is 1. The number of hydrogen-bond acceptors (Lipinski definition) is 5. The van der Waals surface area contributed by atoms with Gasteiger partial charge in [0.1, 0.15) is 12.2 Å².